The van der Waals surface area contributed by atoms with Gasteiger partial charge in [-0.2, -0.15) is 0 Å². The van der Waals surface area contributed by atoms with E-state index >= 15 is 0 Å². The maximum absolute atomic E-state index is 11.9. The molecule has 1 aliphatic carbocycles. The van der Waals surface area contributed by atoms with Gasteiger partial charge in [-0.05, 0) is 36.5 Å². The molecule has 0 heterocycles. The molecule has 0 aromatic rings. The summed E-state index contributed by atoms with van der Waals surface area (Å²) in [5, 5.41) is 3.14. The highest BCUT2D eigenvalue weighted by Gasteiger charge is 2.18. The number of amides is 1. The first-order valence-electron chi connectivity index (χ1n) is 8.77. The summed E-state index contributed by atoms with van der Waals surface area (Å²) in [6, 6.07) is 0. The molecule has 0 aromatic carbocycles. The lowest BCUT2D eigenvalue weighted by Gasteiger charge is -2.25. The van der Waals surface area contributed by atoms with Crippen molar-refractivity contribution in [3.63, 3.8) is 0 Å². The predicted octanol–water partition coefficient (Wildman–Crippen LogP) is 4.78. The second kappa shape index (κ2) is 9.41. The van der Waals surface area contributed by atoms with E-state index in [4.69, 9.17) is 0 Å². The molecule has 118 valence electrons. The molecular weight excluding hydrogens is 246 g/mol. The van der Waals surface area contributed by atoms with Gasteiger partial charge in [0.15, 0.2) is 0 Å². The molecule has 0 unspecified atom stereocenters. The number of hydrogen-bond donors (Lipinski definition) is 1. The zero-order chi connectivity index (χ0) is 15.0. The topological polar surface area (TPSA) is 29.1 Å². The van der Waals surface area contributed by atoms with Gasteiger partial charge in [-0.15, -0.1) is 0 Å². The Kier molecular flexibility index (Phi) is 8.25. The summed E-state index contributed by atoms with van der Waals surface area (Å²) in [7, 11) is 0. The molecule has 1 amide bonds. The van der Waals surface area contributed by atoms with Crippen LogP contribution in [0.2, 0.25) is 0 Å². The van der Waals surface area contributed by atoms with E-state index in [9.17, 15) is 4.79 Å². The van der Waals surface area contributed by atoms with E-state index in [1.807, 2.05) is 0 Å². The van der Waals surface area contributed by atoms with Gasteiger partial charge in [0, 0.05) is 13.0 Å². The predicted molar refractivity (Wildman–Crippen MR) is 86.6 cm³/mol. The second-order valence-corrected chi connectivity index (χ2v) is 7.35. The summed E-state index contributed by atoms with van der Waals surface area (Å²) >= 11 is 0. The Morgan fingerprint density at radius 2 is 1.65 bits per heavy atom. The third kappa shape index (κ3) is 6.76. The molecule has 1 rings (SSSR count). The molecule has 1 saturated carbocycles. The molecule has 2 heteroatoms. The van der Waals surface area contributed by atoms with Crippen molar-refractivity contribution in [3.8, 4) is 0 Å². The summed E-state index contributed by atoms with van der Waals surface area (Å²) in [6.07, 6.45) is 10.1. The van der Waals surface area contributed by atoms with Crippen molar-refractivity contribution < 1.29 is 4.79 Å². The molecule has 0 aromatic heterocycles. The molecule has 0 aliphatic heterocycles. The number of nitrogens with one attached hydrogen (secondary N) is 1. The third-order valence-electron chi connectivity index (χ3n) is 4.99. The maximum Gasteiger partial charge on any atom is 0.220 e. The Bertz CT molecular complexity index is 259. The fourth-order valence-corrected chi connectivity index (χ4v) is 3.59. The van der Waals surface area contributed by atoms with Crippen LogP contribution in [0.25, 0.3) is 0 Å². The molecule has 0 atom stereocenters. The highest BCUT2D eigenvalue weighted by atomic mass is 16.1. The number of rotatable bonds is 8. The van der Waals surface area contributed by atoms with Crippen molar-refractivity contribution in [2.45, 2.75) is 79.1 Å². The zero-order valence-corrected chi connectivity index (χ0v) is 14.1. The minimum absolute atomic E-state index is 0.257. The number of hydrogen-bond acceptors (Lipinski definition) is 1. The molecule has 0 spiro atoms. The lowest BCUT2D eigenvalue weighted by atomic mass is 9.85. The average Bonchev–Trinajstić information content (AvgIpc) is 2.39. The summed E-state index contributed by atoms with van der Waals surface area (Å²) in [5.41, 5.74) is 0. The van der Waals surface area contributed by atoms with Crippen LogP contribution in [0.3, 0.4) is 0 Å². The van der Waals surface area contributed by atoms with Crippen LogP contribution >= 0.6 is 0 Å². The van der Waals surface area contributed by atoms with Crippen molar-refractivity contribution >= 4 is 5.91 Å². The number of carbonyl (C=O) groups excluding carboxylic acids is 1. The van der Waals surface area contributed by atoms with Crippen LogP contribution in [0.4, 0.5) is 0 Å². The Morgan fingerprint density at radius 1 is 1.05 bits per heavy atom. The van der Waals surface area contributed by atoms with Crippen LogP contribution < -0.4 is 5.32 Å². The molecular formula is C18H35NO. The molecule has 2 nitrogen and oxygen atoms in total. The van der Waals surface area contributed by atoms with Crippen LogP contribution in [0.15, 0.2) is 0 Å². The molecule has 1 N–H and O–H groups in total. The van der Waals surface area contributed by atoms with Crippen molar-refractivity contribution in [2.75, 3.05) is 6.54 Å². The zero-order valence-electron chi connectivity index (χ0n) is 14.1. The van der Waals surface area contributed by atoms with Crippen LogP contribution in [-0.4, -0.2) is 12.5 Å². The molecule has 1 fully saturated rings. The Labute approximate surface area is 126 Å². The first kappa shape index (κ1) is 17.5. The van der Waals surface area contributed by atoms with Gasteiger partial charge in [0.1, 0.15) is 0 Å². The molecule has 0 radical (unpaired) electrons. The Balaban J connectivity index is 2.13. The maximum atomic E-state index is 11.9. The normalized spacial score (nSPS) is 17.1. The summed E-state index contributed by atoms with van der Waals surface area (Å²) in [5.74, 6) is 3.02. The minimum atomic E-state index is 0.257. The molecule has 1 aliphatic rings. The van der Waals surface area contributed by atoms with Crippen LogP contribution in [0, 0.1) is 23.7 Å². The highest BCUT2D eigenvalue weighted by Crippen LogP contribution is 2.27. The van der Waals surface area contributed by atoms with Crippen LogP contribution in [-0.2, 0) is 4.79 Å². The van der Waals surface area contributed by atoms with E-state index in [2.05, 4.69) is 33.0 Å². The fourth-order valence-electron chi connectivity index (χ4n) is 3.59. The van der Waals surface area contributed by atoms with E-state index < -0.39 is 0 Å². The van der Waals surface area contributed by atoms with Gasteiger partial charge >= 0.3 is 0 Å². The summed E-state index contributed by atoms with van der Waals surface area (Å²) in [6.45, 7) is 9.84. The highest BCUT2D eigenvalue weighted by molar-refractivity contribution is 5.75. The lowest BCUT2D eigenvalue weighted by Crippen LogP contribution is -2.33. The first-order valence-corrected chi connectivity index (χ1v) is 8.77. The van der Waals surface area contributed by atoms with Gasteiger partial charge < -0.3 is 5.32 Å². The van der Waals surface area contributed by atoms with Crippen molar-refractivity contribution in [1.29, 1.82) is 0 Å². The van der Waals surface area contributed by atoms with Gasteiger partial charge in [0.2, 0.25) is 5.91 Å². The monoisotopic (exact) mass is 281 g/mol. The minimum Gasteiger partial charge on any atom is -0.356 e. The molecule has 0 saturated heterocycles. The SMILES string of the molecule is CC(C)C(CNC(=O)CCCC1CCCCC1)C(C)C. The van der Waals surface area contributed by atoms with E-state index in [1.165, 1.54) is 38.5 Å². The van der Waals surface area contributed by atoms with E-state index in [0.717, 1.165) is 25.3 Å². The molecule has 0 bridgehead atoms. The van der Waals surface area contributed by atoms with Gasteiger partial charge in [0.25, 0.3) is 0 Å². The third-order valence-corrected chi connectivity index (χ3v) is 4.99. The second-order valence-electron chi connectivity index (χ2n) is 7.35. The largest absolute Gasteiger partial charge is 0.356 e. The van der Waals surface area contributed by atoms with Gasteiger partial charge in [-0.3, -0.25) is 4.79 Å². The lowest BCUT2D eigenvalue weighted by molar-refractivity contribution is -0.121. The van der Waals surface area contributed by atoms with Gasteiger partial charge in [0.05, 0.1) is 0 Å². The van der Waals surface area contributed by atoms with E-state index in [1.54, 1.807) is 0 Å². The quantitative estimate of drug-likeness (QED) is 0.681. The molecule has 20 heavy (non-hydrogen) atoms. The Morgan fingerprint density at radius 3 is 2.20 bits per heavy atom. The van der Waals surface area contributed by atoms with Crippen molar-refractivity contribution in [1.82, 2.24) is 5.32 Å². The van der Waals surface area contributed by atoms with E-state index in [0.29, 0.717) is 17.8 Å². The fraction of sp³-hybridized carbons (Fsp3) is 0.944. The summed E-state index contributed by atoms with van der Waals surface area (Å²) in [4.78, 5) is 11.9. The van der Waals surface area contributed by atoms with Crippen molar-refractivity contribution in [3.05, 3.63) is 0 Å². The Hall–Kier alpha value is -0.530. The standard InChI is InChI=1S/C18H35NO/c1-14(2)17(15(3)4)13-19-18(20)12-8-11-16-9-6-5-7-10-16/h14-17H,5-13H2,1-4H3,(H,19,20). The average molecular weight is 281 g/mol. The van der Waals surface area contributed by atoms with Gasteiger partial charge in [-0.25, -0.2) is 0 Å². The first-order chi connectivity index (χ1) is 9.50. The van der Waals surface area contributed by atoms with E-state index in [-0.39, 0.29) is 5.91 Å². The smallest absolute Gasteiger partial charge is 0.220 e. The van der Waals surface area contributed by atoms with Crippen LogP contribution in [0.5, 0.6) is 0 Å². The van der Waals surface area contributed by atoms with Gasteiger partial charge in [-0.1, -0.05) is 59.8 Å². The summed E-state index contributed by atoms with van der Waals surface area (Å²) < 4.78 is 0. The van der Waals surface area contributed by atoms with Crippen molar-refractivity contribution in [2.24, 2.45) is 23.7 Å². The van der Waals surface area contributed by atoms with Crippen LogP contribution in [0.1, 0.15) is 79.1 Å². The number of carbonyl (C=O) groups is 1.